The van der Waals surface area contributed by atoms with Crippen LogP contribution in [0, 0.1) is 11.6 Å². The van der Waals surface area contributed by atoms with Crippen LogP contribution in [0.1, 0.15) is 39.2 Å². The molecule has 1 aliphatic heterocycles. The predicted octanol–water partition coefficient (Wildman–Crippen LogP) is 5.24. The summed E-state index contributed by atoms with van der Waals surface area (Å²) in [7, 11) is 1.44. The topological polar surface area (TPSA) is 147 Å². The molecule has 2 heterocycles. The Labute approximate surface area is 277 Å². The van der Waals surface area contributed by atoms with E-state index in [-0.39, 0.29) is 43.3 Å². The summed E-state index contributed by atoms with van der Waals surface area (Å²) >= 11 is 0. The number of piperazine rings is 1. The van der Waals surface area contributed by atoms with Gasteiger partial charge in [0.1, 0.15) is 12.2 Å². The fraction of sp³-hybridized carbons (Fsp3) is 0.424. The number of nitrogens with zero attached hydrogens (tertiary/aromatic N) is 4. The predicted molar refractivity (Wildman–Crippen MR) is 171 cm³/mol. The van der Waals surface area contributed by atoms with Gasteiger partial charge in [-0.3, -0.25) is 10.1 Å². The maximum atomic E-state index is 14.1. The molecule has 0 unspecified atom stereocenters. The summed E-state index contributed by atoms with van der Waals surface area (Å²) in [6.45, 7) is 5.97. The third kappa shape index (κ3) is 10.1. The van der Waals surface area contributed by atoms with Crippen LogP contribution >= 0.6 is 0 Å². The summed E-state index contributed by atoms with van der Waals surface area (Å²) in [6, 6.07) is 12.9. The molecule has 4 rings (SSSR count). The number of benzene rings is 2. The van der Waals surface area contributed by atoms with Crippen molar-refractivity contribution in [1.29, 1.82) is 0 Å². The van der Waals surface area contributed by atoms with Gasteiger partial charge in [0, 0.05) is 63.4 Å². The molecule has 0 bridgehead atoms. The zero-order valence-electron chi connectivity index (χ0n) is 27.3. The Morgan fingerprint density at radius 2 is 1.69 bits per heavy atom. The lowest BCUT2D eigenvalue weighted by atomic mass is 10.1. The van der Waals surface area contributed by atoms with Gasteiger partial charge in [0.05, 0.1) is 6.04 Å². The van der Waals surface area contributed by atoms with Gasteiger partial charge in [-0.25, -0.2) is 23.2 Å². The quantitative estimate of drug-likeness (QED) is 0.298. The van der Waals surface area contributed by atoms with Gasteiger partial charge in [0.15, 0.2) is 23.2 Å². The highest BCUT2D eigenvalue weighted by molar-refractivity contribution is 5.84. The number of aromatic nitrogens is 1. The van der Waals surface area contributed by atoms with Gasteiger partial charge < -0.3 is 34.0 Å². The van der Waals surface area contributed by atoms with Gasteiger partial charge in [0.25, 0.3) is 0 Å². The average Bonchev–Trinajstić information content (AvgIpc) is 3.53. The van der Waals surface area contributed by atoms with E-state index in [1.165, 1.54) is 30.1 Å². The fourth-order valence-corrected chi connectivity index (χ4v) is 4.83. The molecule has 0 saturated carbocycles. The molecule has 0 radical (unpaired) electrons. The summed E-state index contributed by atoms with van der Waals surface area (Å²) in [5.41, 5.74) is 0.0716. The van der Waals surface area contributed by atoms with Crippen molar-refractivity contribution >= 4 is 29.9 Å². The monoisotopic (exact) mass is 670 g/mol. The van der Waals surface area contributed by atoms with E-state index >= 15 is 0 Å². The molecule has 1 aromatic heterocycles. The highest BCUT2D eigenvalue weighted by Gasteiger charge is 2.29. The van der Waals surface area contributed by atoms with E-state index in [9.17, 15) is 28.0 Å². The number of likely N-dealkylation sites (N-methyl/N-ethyl adjacent to an activating group) is 1. The maximum absolute atomic E-state index is 14.1. The number of anilines is 1. The van der Waals surface area contributed by atoms with E-state index in [1.54, 1.807) is 30.6 Å². The Morgan fingerprint density at radius 1 is 1.00 bits per heavy atom. The standard InChI is InChI=1S/C33H40F2N6O7/c1-33(2,3)47-32(45)41-17-15-40(16-18-41)28(42)14-13-24(39(4)30(43)36-20-23-11-8-12-25(34)29(23)35)21-46-31(44)37-27-19-26(48-38-27)22-9-6-5-7-10-22/h5-12,19,24H,13-18,20-21H2,1-4H3,(H,36,43)(H,37,38,44)/t24-/m0/s1. The lowest BCUT2D eigenvalue weighted by Crippen LogP contribution is -2.52. The Morgan fingerprint density at radius 3 is 2.38 bits per heavy atom. The second-order valence-electron chi connectivity index (χ2n) is 12.2. The molecule has 1 aliphatic rings. The van der Waals surface area contributed by atoms with Crippen LogP contribution in [-0.4, -0.2) is 95.5 Å². The number of hydrogen-bond donors (Lipinski definition) is 2. The minimum absolute atomic E-state index is 0.00193. The van der Waals surface area contributed by atoms with Crippen molar-refractivity contribution in [3.05, 3.63) is 71.8 Å². The van der Waals surface area contributed by atoms with Crippen LogP contribution in [0.5, 0.6) is 0 Å². The molecule has 1 atom stereocenters. The number of carbonyl (C=O) groups is 4. The van der Waals surface area contributed by atoms with E-state index in [2.05, 4.69) is 15.8 Å². The number of hydrogen-bond acceptors (Lipinski definition) is 8. The zero-order chi connectivity index (χ0) is 34.8. The molecule has 1 fully saturated rings. The summed E-state index contributed by atoms with van der Waals surface area (Å²) < 4.78 is 43.9. The number of carbonyl (C=O) groups excluding carboxylic acids is 4. The van der Waals surface area contributed by atoms with Gasteiger partial charge in [-0.2, -0.15) is 0 Å². The van der Waals surface area contributed by atoms with E-state index in [1.807, 2.05) is 30.3 Å². The zero-order valence-corrected chi connectivity index (χ0v) is 27.3. The third-order valence-electron chi connectivity index (χ3n) is 7.51. The largest absolute Gasteiger partial charge is 0.447 e. The highest BCUT2D eigenvalue weighted by Crippen LogP contribution is 2.22. The average molecular weight is 671 g/mol. The summed E-state index contributed by atoms with van der Waals surface area (Å²) in [5, 5.41) is 8.84. The molecule has 5 amide bonds. The number of urea groups is 1. The normalized spacial score (nSPS) is 13.8. The first-order valence-electron chi connectivity index (χ1n) is 15.5. The first kappa shape index (κ1) is 35.6. The highest BCUT2D eigenvalue weighted by atomic mass is 19.2. The lowest BCUT2D eigenvalue weighted by molar-refractivity contribution is -0.133. The number of nitrogens with one attached hydrogen (secondary N) is 2. The number of ether oxygens (including phenoxy) is 2. The van der Waals surface area contributed by atoms with Crippen molar-refractivity contribution in [2.75, 3.05) is 45.2 Å². The van der Waals surface area contributed by atoms with Crippen LogP contribution in [0.15, 0.2) is 59.1 Å². The third-order valence-corrected chi connectivity index (χ3v) is 7.51. The Hall–Kier alpha value is -5.21. The van der Waals surface area contributed by atoms with Crippen LogP contribution in [0.4, 0.5) is 29.0 Å². The molecule has 2 N–H and O–H groups in total. The molecule has 0 spiro atoms. The molecule has 3 aromatic rings. The van der Waals surface area contributed by atoms with Crippen LogP contribution in [-0.2, 0) is 20.8 Å². The van der Waals surface area contributed by atoms with Crippen molar-refractivity contribution < 1.29 is 42.0 Å². The van der Waals surface area contributed by atoms with Gasteiger partial charge in [-0.15, -0.1) is 0 Å². The van der Waals surface area contributed by atoms with Crippen molar-refractivity contribution in [3.8, 4) is 11.3 Å². The minimum atomic E-state index is -1.07. The van der Waals surface area contributed by atoms with Gasteiger partial charge >= 0.3 is 18.2 Å². The van der Waals surface area contributed by atoms with Crippen LogP contribution in [0.2, 0.25) is 0 Å². The smallest absolute Gasteiger partial charge is 0.412 e. The summed E-state index contributed by atoms with van der Waals surface area (Å²) in [6.07, 6.45) is -1.20. The molecule has 15 heteroatoms. The number of rotatable bonds is 10. The van der Waals surface area contributed by atoms with Crippen molar-refractivity contribution in [3.63, 3.8) is 0 Å². The van der Waals surface area contributed by atoms with Crippen LogP contribution in [0.3, 0.4) is 0 Å². The molecule has 1 saturated heterocycles. The lowest BCUT2D eigenvalue weighted by Gasteiger charge is -2.36. The first-order chi connectivity index (χ1) is 22.8. The molecular formula is C33H40F2N6O7. The molecular weight excluding hydrogens is 630 g/mol. The Kier molecular flexibility index (Phi) is 11.9. The number of halogens is 2. The second kappa shape index (κ2) is 16.1. The van der Waals surface area contributed by atoms with Crippen molar-refractivity contribution in [1.82, 2.24) is 25.2 Å². The molecule has 13 nitrogen and oxygen atoms in total. The van der Waals surface area contributed by atoms with Crippen LogP contribution in [0.25, 0.3) is 11.3 Å². The van der Waals surface area contributed by atoms with Crippen molar-refractivity contribution in [2.24, 2.45) is 0 Å². The number of amides is 5. The first-order valence-corrected chi connectivity index (χ1v) is 15.5. The molecule has 48 heavy (non-hydrogen) atoms. The van der Waals surface area contributed by atoms with Crippen LogP contribution < -0.4 is 10.6 Å². The van der Waals surface area contributed by atoms with Gasteiger partial charge in [-0.1, -0.05) is 47.6 Å². The minimum Gasteiger partial charge on any atom is -0.447 e. The Bertz CT molecular complexity index is 1570. The SMILES string of the molecule is CN(C(=O)NCc1cccc(F)c1F)[C@@H](CCC(=O)N1CCN(C(=O)OC(C)(C)C)CC1)COC(=O)Nc1cc(-c2ccccc2)on1. The summed E-state index contributed by atoms with van der Waals surface area (Å²) in [4.78, 5) is 55.6. The van der Waals surface area contributed by atoms with E-state index < -0.39 is 41.5 Å². The van der Waals surface area contributed by atoms with E-state index in [4.69, 9.17) is 14.0 Å². The van der Waals surface area contributed by atoms with Gasteiger partial charge in [-0.05, 0) is 33.3 Å². The van der Waals surface area contributed by atoms with Gasteiger partial charge in [0.2, 0.25) is 5.91 Å². The summed E-state index contributed by atoms with van der Waals surface area (Å²) in [5.74, 6) is -1.78. The van der Waals surface area contributed by atoms with Crippen molar-refractivity contribution in [2.45, 2.75) is 51.8 Å². The second-order valence-corrected chi connectivity index (χ2v) is 12.2. The maximum Gasteiger partial charge on any atom is 0.412 e. The molecule has 0 aliphatic carbocycles. The Balaban J connectivity index is 1.35. The fourth-order valence-electron chi connectivity index (χ4n) is 4.83. The van der Waals surface area contributed by atoms with E-state index in [0.717, 1.165) is 11.6 Å². The molecule has 2 aromatic carbocycles. The van der Waals surface area contributed by atoms with E-state index in [0.29, 0.717) is 31.9 Å². The molecule has 258 valence electrons.